The Bertz CT molecular complexity index is 786. The molecule has 4 nitrogen and oxygen atoms in total. The molecule has 1 saturated heterocycles. The van der Waals surface area contributed by atoms with E-state index in [1.165, 1.54) is 12.5 Å². The van der Waals surface area contributed by atoms with Gasteiger partial charge in [0.15, 0.2) is 0 Å². The molecule has 27 heavy (non-hydrogen) atoms. The van der Waals surface area contributed by atoms with Gasteiger partial charge < -0.3 is 15.5 Å². The summed E-state index contributed by atoms with van der Waals surface area (Å²) in [5, 5.41) is 5.33. The first-order chi connectivity index (χ1) is 12.9. The molecule has 0 spiro atoms. The van der Waals surface area contributed by atoms with Crippen molar-refractivity contribution in [3.63, 3.8) is 0 Å². The molecule has 2 aromatic carbocycles. The molecule has 3 rings (SSSR count). The van der Waals surface area contributed by atoms with Crippen LogP contribution in [0.1, 0.15) is 30.4 Å². The van der Waals surface area contributed by atoms with Crippen LogP contribution in [0.3, 0.4) is 0 Å². The summed E-state index contributed by atoms with van der Waals surface area (Å²) >= 11 is 0. The van der Waals surface area contributed by atoms with E-state index in [-0.39, 0.29) is 6.54 Å². The second-order valence-electron chi connectivity index (χ2n) is 6.60. The Morgan fingerprint density at radius 3 is 2.48 bits per heavy atom. The Kier molecular flexibility index (Phi) is 5.88. The number of nitrogens with one attached hydrogen (secondary N) is 2. The van der Waals surface area contributed by atoms with Gasteiger partial charge in [0.25, 0.3) is 0 Å². The maximum Gasteiger partial charge on any atom is 0.416 e. The number of carbonyl (C=O) groups is 1. The largest absolute Gasteiger partial charge is 0.416 e. The highest BCUT2D eigenvalue weighted by atomic mass is 19.4. The molecule has 0 atom stereocenters. The molecule has 0 aliphatic carbocycles. The van der Waals surface area contributed by atoms with Gasteiger partial charge >= 0.3 is 12.2 Å². The molecule has 1 aliphatic rings. The number of carbonyl (C=O) groups excluding carboxylic acids is 1. The third kappa shape index (κ3) is 5.39. The maximum atomic E-state index is 12.7. The molecule has 144 valence electrons. The second-order valence-corrected chi connectivity index (χ2v) is 6.60. The fourth-order valence-electron chi connectivity index (χ4n) is 3.15. The van der Waals surface area contributed by atoms with E-state index in [0.717, 1.165) is 43.8 Å². The van der Waals surface area contributed by atoms with Gasteiger partial charge in [0.1, 0.15) is 0 Å². The Hall–Kier alpha value is -2.70. The van der Waals surface area contributed by atoms with Gasteiger partial charge in [0.05, 0.1) is 5.56 Å². The van der Waals surface area contributed by atoms with E-state index in [0.29, 0.717) is 11.3 Å². The second kappa shape index (κ2) is 8.33. The monoisotopic (exact) mass is 377 g/mol. The number of amides is 2. The highest BCUT2D eigenvalue weighted by molar-refractivity contribution is 5.89. The minimum atomic E-state index is -4.40. The molecule has 0 radical (unpaired) electrons. The number of urea groups is 1. The molecule has 7 heteroatoms. The summed E-state index contributed by atoms with van der Waals surface area (Å²) in [4.78, 5) is 14.4. The van der Waals surface area contributed by atoms with Crippen LogP contribution < -0.4 is 15.5 Å². The first-order valence-electron chi connectivity index (χ1n) is 8.98. The number of piperidine rings is 1. The van der Waals surface area contributed by atoms with Crippen LogP contribution in [0, 0.1) is 0 Å². The van der Waals surface area contributed by atoms with Gasteiger partial charge in [-0.3, -0.25) is 0 Å². The van der Waals surface area contributed by atoms with E-state index < -0.39 is 17.8 Å². The zero-order valence-corrected chi connectivity index (χ0v) is 14.9. The first-order valence-corrected chi connectivity index (χ1v) is 8.98. The lowest BCUT2D eigenvalue weighted by Gasteiger charge is -2.29. The van der Waals surface area contributed by atoms with Crippen molar-refractivity contribution in [2.75, 3.05) is 23.3 Å². The van der Waals surface area contributed by atoms with Crippen molar-refractivity contribution in [2.24, 2.45) is 0 Å². The summed E-state index contributed by atoms with van der Waals surface area (Å²) in [7, 11) is 0. The standard InChI is InChI=1S/C20H22F3N3O/c21-20(22,23)16-7-4-6-15(12-16)14-24-19(27)25-17-8-5-9-18(13-17)26-10-2-1-3-11-26/h4-9,12-13H,1-3,10-11,14H2,(H2,24,25,27). The van der Waals surface area contributed by atoms with Crippen LogP contribution >= 0.6 is 0 Å². The fraction of sp³-hybridized carbons (Fsp3) is 0.350. The van der Waals surface area contributed by atoms with E-state index in [2.05, 4.69) is 15.5 Å². The number of halogens is 3. The number of hydrogen-bond donors (Lipinski definition) is 2. The van der Waals surface area contributed by atoms with Gasteiger partial charge in [0, 0.05) is 31.0 Å². The van der Waals surface area contributed by atoms with E-state index in [1.54, 1.807) is 12.1 Å². The average Bonchev–Trinajstić information content (AvgIpc) is 2.67. The van der Waals surface area contributed by atoms with E-state index in [9.17, 15) is 18.0 Å². The fourth-order valence-corrected chi connectivity index (χ4v) is 3.15. The number of anilines is 2. The highest BCUT2D eigenvalue weighted by Crippen LogP contribution is 2.29. The predicted molar refractivity (Wildman–Crippen MR) is 99.8 cm³/mol. The summed E-state index contributed by atoms with van der Waals surface area (Å²) in [6.45, 7) is 2.03. The van der Waals surface area contributed by atoms with Gasteiger partial charge in [-0.05, 0) is 55.2 Å². The molecule has 0 saturated carbocycles. The van der Waals surface area contributed by atoms with E-state index >= 15 is 0 Å². The topological polar surface area (TPSA) is 44.4 Å². The van der Waals surface area contributed by atoms with Gasteiger partial charge in [-0.25, -0.2) is 4.79 Å². The van der Waals surface area contributed by atoms with Gasteiger partial charge in [0.2, 0.25) is 0 Å². The van der Waals surface area contributed by atoms with Gasteiger partial charge in [-0.15, -0.1) is 0 Å². The molecule has 0 bridgehead atoms. The third-order valence-corrected chi connectivity index (χ3v) is 4.53. The number of benzene rings is 2. The summed E-state index contributed by atoms with van der Waals surface area (Å²) < 4.78 is 38.2. The van der Waals surface area contributed by atoms with Crippen LogP contribution in [0.2, 0.25) is 0 Å². The molecule has 2 N–H and O–H groups in total. The minimum absolute atomic E-state index is 0.0154. The number of rotatable bonds is 4. The maximum absolute atomic E-state index is 12.7. The lowest BCUT2D eigenvalue weighted by molar-refractivity contribution is -0.137. The Morgan fingerprint density at radius 1 is 1.00 bits per heavy atom. The molecule has 0 aromatic heterocycles. The van der Waals surface area contributed by atoms with Crippen molar-refractivity contribution in [3.8, 4) is 0 Å². The summed E-state index contributed by atoms with van der Waals surface area (Å²) in [5.74, 6) is 0. The molecular formula is C20H22F3N3O. The number of alkyl halides is 3. The van der Waals surface area contributed by atoms with Crippen LogP contribution in [0.25, 0.3) is 0 Å². The molecule has 0 unspecified atom stereocenters. The lowest BCUT2D eigenvalue weighted by Crippen LogP contribution is -2.30. The Balaban J connectivity index is 1.57. The van der Waals surface area contributed by atoms with Crippen molar-refractivity contribution in [2.45, 2.75) is 32.0 Å². The van der Waals surface area contributed by atoms with Gasteiger partial charge in [-0.1, -0.05) is 18.2 Å². The van der Waals surface area contributed by atoms with Crippen LogP contribution in [0.15, 0.2) is 48.5 Å². The average molecular weight is 377 g/mol. The number of nitrogens with zero attached hydrogens (tertiary/aromatic N) is 1. The molecule has 2 amide bonds. The quantitative estimate of drug-likeness (QED) is 0.786. The van der Waals surface area contributed by atoms with Crippen molar-refractivity contribution in [1.29, 1.82) is 0 Å². The normalized spacial score (nSPS) is 14.7. The summed E-state index contributed by atoms with van der Waals surface area (Å²) in [6.07, 6.45) is -0.830. The zero-order valence-electron chi connectivity index (χ0n) is 14.9. The van der Waals surface area contributed by atoms with E-state index in [4.69, 9.17) is 0 Å². The third-order valence-electron chi connectivity index (χ3n) is 4.53. The molecule has 1 heterocycles. The molecule has 2 aromatic rings. The first kappa shape index (κ1) is 19.1. The van der Waals surface area contributed by atoms with Gasteiger partial charge in [-0.2, -0.15) is 13.2 Å². The molecule has 1 aliphatic heterocycles. The van der Waals surface area contributed by atoms with Crippen molar-refractivity contribution < 1.29 is 18.0 Å². The highest BCUT2D eigenvalue weighted by Gasteiger charge is 2.30. The Morgan fingerprint density at radius 2 is 1.74 bits per heavy atom. The molecule has 1 fully saturated rings. The smallest absolute Gasteiger partial charge is 0.371 e. The van der Waals surface area contributed by atoms with E-state index in [1.807, 2.05) is 18.2 Å². The van der Waals surface area contributed by atoms with Crippen molar-refractivity contribution in [3.05, 3.63) is 59.7 Å². The lowest BCUT2D eigenvalue weighted by atomic mass is 10.1. The van der Waals surface area contributed by atoms with Crippen LogP contribution in [0.4, 0.5) is 29.3 Å². The zero-order chi connectivity index (χ0) is 19.3. The molecular weight excluding hydrogens is 355 g/mol. The predicted octanol–water partition coefficient (Wildman–Crippen LogP) is 5.02. The van der Waals surface area contributed by atoms with Crippen molar-refractivity contribution >= 4 is 17.4 Å². The SMILES string of the molecule is O=C(NCc1cccc(C(F)(F)F)c1)Nc1cccc(N2CCCCC2)c1. The minimum Gasteiger partial charge on any atom is -0.371 e. The van der Waals surface area contributed by atoms with Crippen LogP contribution in [-0.2, 0) is 12.7 Å². The van der Waals surface area contributed by atoms with Crippen LogP contribution in [0.5, 0.6) is 0 Å². The summed E-state index contributed by atoms with van der Waals surface area (Å²) in [6, 6.07) is 12.1. The summed E-state index contributed by atoms with van der Waals surface area (Å²) in [5.41, 5.74) is 1.38. The number of hydrogen-bond acceptors (Lipinski definition) is 2. The van der Waals surface area contributed by atoms with Crippen molar-refractivity contribution in [1.82, 2.24) is 5.32 Å². The Labute approximate surface area is 156 Å². The van der Waals surface area contributed by atoms with Crippen LogP contribution in [-0.4, -0.2) is 19.1 Å².